The van der Waals surface area contributed by atoms with E-state index in [-0.39, 0.29) is 19.0 Å². The van der Waals surface area contributed by atoms with Gasteiger partial charge < -0.3 is 9.64 Å². The third-order valence-corrected chi connectivity index (χ3v) is 5.12. The molecule has 3 rings (SSSR count). The van der Waals surface area contributed by atoms with Crippen LogP contribution in [0, 0.1) is 5.82 Å². The van der Waals surface area contributed by atoms with Crippen molar-refractivity contribution in [2.75, 3.05) is 14.2 Å². The first-order chi connectivity index (χ1) is 12.4. The van der Waals surface area contributed by atoms with Gasteiger partial charge in [-0.05, 0) is 12.1 Å². The van der Waals surface area contributed by atoms with Gasteiger partial charge in [0, 0.05) is 42.2 Å². The number of fused-ring (bicyclic) bond motifs is 1. The van der Waals surface area contributed by atoms with Crippen LogP contribution in [-0.4, -0.2) is 34.5 Å². The van der Waals surface area contributed by atoms with Crippen molar-refractivity contribution >= 4 is 27.3 Å². The quantitative estimate of drug-likeness (QED) is 0.645. The van der Waals surface area contributed by atoms with E-state index < -0.39 is 18.3 Å². The van der Waals surface area contributed by atoms with E-state index >= 15 is 0 Å². The number of nitrogens with zero attached hydrogens (tertiary/aromatic N) is 3. The predicted molar refractivity (Wildman–Crippen MR) is 91.8 cm³/mol. The van der Waals surface area contributed by atoms with Crippen LogP contribution in [0.25, 0.3) is 10.1 Å². The van der Waals surface area contributed by atoms with Crippen LogP contribution in [0.2, 0.25) is 0 Å². The molecule has 0 spiro atoms. The molecule has 3 aromatic rings. The van der Waals surface area contributed by atoms with Crippen molar-refractivity contribution in [3.05, 3.63) is 52.7 Å². The van der Waals surface area contributed by atoms with Crippen LogP contribution in [0.5, 0.6) is 0 Å². The number of halogens is 3. The number of methoxy groups -OCH3 is 1. The molecule has 0 aliphatic heterocycles. The van der Waals surface area contributed by atoms with Gasteiger partial charge in [-0.15, -0.1) is 11.3 Å². The van der Waals surface area contributed by atoms with Crippen molar-refractivity contribution in [1.82, 2.24) is 14.5 Å². The maximum atomic E-state index is 14.2. The Kier molecular flexibility index (Phi) is 5.28. The molecule has 0 saturated heterocycles. The van der Waals surface area contributed by atoms with Gasteiger partial charge in [0.05, 0.1) is 18.0 Å². The molecule has 0 radical (unpaired) electrons. The van der Waals surface area contributed by atoms with E-state index in [2.05, 4.69) is 4.98 Å². The van der Waals surface area contributed by atoms with Crippen molar-refractivity contribution in [2.24, 2.45) is 0 Å². The summed E-state index contributed by atoms with van der Waals surface area (Å²) in [5, 5.41) is 0.352. The molecule has 0 N–H and O–H groups in total. The summed E-state index contributed by atoms with van der Waals surface area (Å²) in [6.45, 7) is -2.76. The summed E-state index contributed by atoms with van der Waals surface area (Å²) in [7, 11) is 2.95. The lowest BCUT2D eigenvalue weighted by Crippen LogP contribution is -2.28. The standard InChI is InChI=1S/C17H16F3N3O2S/c1-22(8-13-21-6-7-23(13)17(19)20)16(24)15-10(9-25-2)14-11(18)4-3-5-12(14)26-15/h3-7,17H,8-9H2,1-2H3. The van der Waals surface area contributed by atoms with Crippen LogP contribution in [0.4, 0.5) is 13.2 Å². The van der Waals surface area contributed by atoms with Gasteiger partial charge in [0.25, 0.3) is 5.91 Å². The monoisotopic (exact) mass is 383 g/mol. The number of alkyl halides is 2. The first kappa shape index (κ1) is 18.4. The molecular formula is C17H16F3N3O2S. The molecule has 1 amide bonds. The molecule has 0 aliphatic rings. The zero-order valence-electron chi connectivity index (χ0n) is 14.1. The fraction of sp³-hybridized carbons (Fsp3) is 0.294. The number of rotatable bonds is 6. The van der Waals surface area contributed by atoms with Crippen LogP contribution in [0.3, 0.4) is 0 Å². The molecule has 2 heterocycles. The molecule has 2 aromatic heterocycles. The Hall–Kier alpha value is -2.39. The topological polar surface area (TPSA) is 47.4 Å². The largest absolute Gasteiger partial charge is 0.380 e. The second-order valence-corrected chi connectivity index (χ2v) is 6.70. The number of thiophene rings is 1. The number of ether oxygens (including phenoxy) is 1. The summed E-state index contributed by atoms with van der Waals surface area (Å²) in [5.74, 6) is -0.765. The van der Waals surface area contributed by atoms with Crippen LogP contribution >= 0.6 is 11.3 Å². The molecule has 9 heteroatoms. The lowest BCUT2D eigenvalue weighted by atomic mass is 10.1. The van der Waals surface area contributed by atoms with Gasteiger partial charge in [0.15, 0.2) is 0 Å². The van der Waals surface area contributed by atoms with Crippen LogP contribution in [0.15, 0.2) is 30.6 Å². The summed E-state index contributed by atoms with van der Waals surface area (Å²) in [4.78, 5) is 18.3. The molecular weight excluding hydrogens is 367 g/mol. The highest BCUT2D eigenvalue weighted by atomic mass is 32.1. The minimum atomic E-state index is -2.74. The number of benzene rings is 1. The molecule has 0 aliphatic carbocycles. The molecule has 0 saturated carbocycles. The van der Waals surface area contributed by atoms with Crippen molar-refractivity contribution in [3.63, 3.8) is 0 Å². The highest BCUT2D eigenvalue weighted by Crippen LogP contribution is 2.34. The Morgan fingerprint density at radius 3 is 2.88 bits per heavy atom. The summed E-state index contributed by atoms with van der Waals surface area (Å²) in [6.07, 6.45) is 2.41. The van der Waals surface area contributed by atoms with E-state index in [4.69, 9.17) is 4.74 Å². The van der Waals surface area contributed by atoms with Crippen molar-refractivity contribution in [2.45, 2.75) is 19.7 Å². The molecule has 138 valence electrons. The van der Waals surface area contributed by atoms with Crippen LogP contribution < -0.4 is 0 Å². The Morgan fingerprint density at radius 1 is 1.42 bits per heavy atom. The Labute approximate surface area is 151 Å². The molecule has 0 atom stereocenters. The Balaban J connectivity index is 1.95. The summed E-state index contributed by atoms with van der Waals surface area (Å²) in [5.41, 5.74) is 0.458. The van der Waals surface area contributed by atoms with E-state index in [1.54, 1.807) is 12.1 Å². The van der Waals surface area contributed by atoms with Gasteiger partial charge in [-0.25, -0.2) is 9.37 Å². The highest BCUT2D eigenvalue weighted by molar-refractivity contribution is 7.21. The van der Waals surface area contributed by atoms with E-state index in [1.165, 1.54) is 31.3 Å². The smallest absolute Gasteiger partial charge is 0.319 e. The summed E-state index contributed by atoms with van der Waals surface area (Å²) in [6, 6.07) is 4.62. The predicted octanol–water partition coefficient (Wildman–Crippen LogP) is 4.05. The number of carbonyl (C=O) groups excluding carboxylic acids is 1. The highest BCUT2D eigenvalue weighted by Gasteiger charge is 2.24. The summed E-state index contributed by atoms with van der Waals surface area (Å²) >= 11 is 1.15. The first-order valence-corrected chi connectivity index (χ1v) is 8.49. The van der Waals surface area contributed by atoms with Crippen molar-refractivity contribution < 1.29 is 22.7 Å². The lowest BCUT2D eigenvalue weighted by molar-refractivity contribution is 0.0613. The van der Waals surface area contributed by atoms with Crippen LogP contribution in [0.1, 0.15) is 27.6 Å². The number of amides is 1. The number of hydrogen-bond acceptors (Lipinski definition) is 4. The minimum Gasteiger partial charge on any atom is -0.380 e. The average molecular weight is 383 g/mol. The van der Waals surface area contributed by atoms with Crippen molar-refractivity contribution in [1.29, 1.82) is 0 Å². The average Bonchev–Trinajstić information content (AvgIpc) is 3.20. The van der Waals surface area contributed by atoms with Crippen molar-refractivity contribution in [3.8, 4) is 0 Å². The fourth-order valence-corrected chi connectivity index (χ4v) is 3.94. The minimum absolute atomic E-state index is 0.0661. The summed E-state index contributed by atoms with van der Waals surface area (Å²) < 4.78 is 46.6. The SMILES string of the molecule is COCc1c(C(=O)N(C)Cc2nccn2C(F)F)sc2cccc(F)c12. The first-order valence-electron chi connectivity index (χ1n) is 7.68. The Bertz CT molecular complexity index is 939. The van der Waals surface area contributed by atoms with Gasteiger partial charge in [0.1, 0.15) is 11.6 Å². The molecule has 0 unspecified atom stereocenters. The number of aromatic nitrogens is 2. The molecule has 26 heavy (non-hydrogen) atoms. The molecule has 0 bridgehead atoms. The van der Waals surface area contributed by atoms with Gasteiger partial charge in [-0.3, -0.25) is 9.36 Å². The van der Waals surface area contributed by atoms with Gasteiger partial charge in [0.2, 0.25) is 0 Å². The van der Waals surface area contributed by atoms with Gasteiger partial charge in [-0.1, -0.05) is 6.07 Å². The fourth-order valence-electron chi connectivity index (χ4n) is 2.72. The van der Waals surface area contributed by atoms with Gasteiger partial charge in [-0.2, -0.15) is 8.78 Å². The van der Waals surface area contributed by atoms with E-state index in [0.717, 1.165) is 17.5 Å². The zero-order valence-corrected chi connectivity index (χ0v) is 14.9. The van der Waals surface area contributed by atoms with E-state index in [9.17, 15) is 18.0 Å². The third-order valence-electron chi connectivity index (χ3n) is 3.93. The zero-order chi connectivity index (χ0) is 18.8. The molecule has 1 aromatic carbocycles. The molecule has 5 nitrogen and oxygen atoms in total. The van der Waals surface area contributed by atoms with E-state index in [0.29, 0.717) is 25.1 Å². The molecule has 0 fully saturated rings. The Morgan fingerprint density at radius 2 is 2.19 bits per heavy atom. The lowest BCUT2D eigenvalue weighted by Gasteiger charge is -2.17. The second kappa shape index (κ2) is 7.46. The maximum Gasteiger partial charge on any atom is 0.319 e. The normalized spacial score (nSPS) is 11.5. The third kappa shape index (κ3) is 3.32. The van der Waals surface area contributed by atoms with Crippen LogP contribution in [-0.2, 0) is 17.9 Å². The van der Waals surface area contributed by atoms with E-state index in [1.807, 2.05) is 0 Å². The van der Waals surface area contributed by atoms with Gasteiger partial charge >= 0.3 is 6.55 Å². The number of hydrogen-bond donors (Lipinski definition) is 0. The second-order valence-electron chi connectivity index (χ2n) is 5.65. The maximum absolute atomic E-state index is 14.2. The number of imidazole rings is 1. The number of carbonyl (C=O) groups is 1.